The van der Waals surface area contributed by atoms with Gasteiger partial charge >= 0.3 is 11.9 Å². The molecule has 0 heterocycles. The van der Waals surface area contributed by atoms with Crippen molar-refractivity contribution in [1.29, 1.82) is 5.26 Å². The molecule has 26 heavy (non-hydrogen) atoms. The van der Waals surface area contributed by atoms with E-state index in [1.54, 1.807) is 24.3 Å². The Kier molecular flexibility index (Phi) is 6.50. The van der Waals surface area contributed by atoms with Crippen LogP contribution in [0.5, 0.6) is 0 Å². The van der Waals surface area contributed by atoms with Gasteiger partial charge in [0.2, 0.25) is 0 Å². The number of ether oxygens (including phenoxy) is 2. The molecule has 1 amide bonds. The summed E-state index contributed by atoms with van der Waals surface area (Å²) in [5.74, 6) is -1.60. The van der Waals surface area contributed by atoms with Crippen molar-refractivity contribution < 1.29 is 23.9 Å². The van der Waals surface area contributed by atoms with Crippen LogP contribution in [0.25, 0.3) is 6.08 Å². The van der Waals surface area contributed by atoms with Gasteiger partial charge < -0.3 is 14.8 Å². The maximum Gasteiger partial charge on any atom is 0.337 e. The zero-order valence-electron chi connectivity index (χ0n) is 14.5. The van der Waals surface area contributed by atoms with E-state index in [0.717, 1.165) is 12.8 Å². The average molecular weight is 356 g/mol. The second kappa shape index (κ2) is 8.81. The van der Waals surface area contributed by atoms with Gasteiger partial charge in [0.05, 0.1) is 18.7 Å². The lowest BCUT2D eigenvalue weighted by atomic mass is 10.00. The van der Waals surface area contributed by atoms with Crippen molar-refractivity contribution in [2.75, 3.05) is 13.7 Å². The molecule has 0 aromatic heterocycles. The normalized spacial score (nSPS) is 15.2. The van der Waals surface area contributed by atoms with Crippen LogP contribution >= 0.6 is 0 Å². The number of carbonyl (C=O) groups is 3. The molecule has 1 aromatic carbocycles. The second-order valence-corrected chi connectivity index (χ2v) is 6.00. The Balaban J connectivity index is 1.81. The van der Waals surface area contributed by atoms with Crippen LogP contribution in [-0.2, 0) is 19.1 Å². The van der Waals surface area contributed by atoms with E-state index in [4.69, 9.17) is 4.74 Å². The Morgan fingerprint density at radius 2 is 1.88 bits per heavy atom. The number of nitrogens with zero attached hydrogens (tertiary/aromatic N) is 1. The summed E-state index contributed by atoms with van der Waals surface area (Å²) in [6, 6.07) is 8.60. The largest absolute Gasteiger partial charge is 0.465 e. The third kappa shape index (κ3) is 5.18. The number of amides is 1. The van der Waals surface area contributed by atoms with Gasteiger partial charge in [-0.1, -0.05) is 12.1 Å². The fraction of sp³-hybridized carbons (Fsp3) is 0.368. The van der Waals surface area contributed by atoms with Gasteiger partial charge in [-0.05, 0) is 49.5 Å². The van der Waals surface area contributed by atoms with E-state index in [9.17, 15) is 19.6 Å². The Morgan fingerprint density at radius 3 is 2.46 bits per heavy atom. The van der Waals surface area contributed by atoms with Crippen molar-refractivity contribution in [1.82, 2.24) is 5.32 Å². The molecule has 1 N–H and O–H groups in total. The van der Waals surface area contributed by atoms with Crippen LogP contribution in [0.3, 0.4) is 0 Å². The zero-order chi connectivity index (χ0) is 19.0. The van der Waals surface area contributed by atoms with E-state index in [2.05, 4.69) is 16.1 Å². The quantitative estimate of drug-likeness (QED) is 0.617. The molecular formula is C19H20N2O5. The fourth-order valence-corrected chi connectivity index (χ4v) is 2.74. The molecule has 7 heteroatoms. The predicted molar refractivity (Wildman–Crippen MR) is 92.7 cm³/mol. The van der Waals surface area contributed by atoms with Crippen LogP contribution in [0, 0.1) is 11.3 Å². The molecule has 0 saturated heterocycles. The molecule has 0 unspecified atom stereocenters. The minimum absolute atomic E-state index is 0.405. The molecule has 0 bridgehead atoms. The highest BCUT2D eigenvalue weighted by molar-refractivity contribution is 5.91. The number of hydrogen-bond acceptors (Lipinski definition) is 6. The lowest BCUT2D eigenvalue weighted by Crippen LogP contribution is -2.46. The summed E-state index contributed by atoms with van der Waals surface area (Å²) in [7, 11) is 1.30. The number of nitriles is 1. The van der Waals surface area contributed by atoms with Gasteiger partial charge in [-0.2, -0.15) is 5.26 Å². The zero-order valence-corrected chi connectivity index (χ0v) is 14.5. The van der Waals surface area contributed by atoms with Crippen LogP contribution in [0.2, 0.25) is 0 Å². The smallest absolute Gasteiger partial charge is 0.337 e. The number of esters is 2. The van der Waals surface area contributed by atoms with Crippen molar-refractivity contribution >= 4 is 23.9 Å². The third-order valence-electron chi connectivity index (χ3n) is 4.14. The number of hydrogen-bond donors (Lipinski definition) is 1. The van der Waals surface area contributed by atoms with Gasteiger partial charge in [0.25, 0.3) is 5.91 Å². The first kappa shape index (κ1) is 19.2. The third-order valence-corrected chi connectivity index (χ3v) is 4.14. The van der Waals surface area contributed by atoms with Crippen LogP contribution in [0.15, 0.2) is 30.3 Å². The van der Waals surface area contributed by atoms with Crippen LogP contribution in [0.4, 0.5) is 0 Å². The van der Waals surface area contributed by atoms with E-state index in [1.165, 1.54) is 19.3 Å². The highest BCUT2D eigenvalue weighted by Crippen LogP contribution is 2.28. The molecule has 1 aromatic rings. The molecule has 0 spiro atoms. The lowest BCUT2D eigenvalue weighted by molar-refractivity contribution is -0.144. The highest BCUT2D eigenvalue weighted by Gasteiger charge is 2.35. The lowest BCUT2D eigenvalue weighted by Gasteiger charge is -2.21. The monoisotopic (exact) mass is 356 g/mol. The molecule has 0 aliphatic heterocycles. The molecule has 1 saturated carbocycles. The van der Waals surface area contributed by atoms with Gasteiger partial charge in [-0.15, -0.1) is 0 Å². The fourth-order valence-electron chi connectivity index (χ4n) is 2.74. The van der Waals surface area contributed by atoms with E-state index < -0.39 is 30.0 Å². The average Bonchev–Trinajstić information content (AvgIpc) is 3.13. The van der Waals surface area contributed by atoms with Gasteiger partial charge in [-0.25, -0.2) is 9.59 Å². The Hall–Kier alpha value is -3.14. The number of rotatable bonds is 6. The van der Waals surface area contributed by atoms with Gasteiger partial charge in [0, 0.05) is 6.08 Å². The molecule has 136 valence electrons. The molecule has 7 nitrogen and oxygen atoms in total. The summed E-state index contributed by atoms with van der Waals surface area (Å²) >= 11 is 0. The number of carbonyl (C=O) groups excluding carboxylic acids is 3. The van der Waals surface area contributed by atoms with Crippen molar-refractivity contribution in [3.8, 4) is 6.07 Å². The molecular weight excluding hydrogens is 336 g/mol. The van der Waals surface area contributed by atoms with E-state index >= 15 is 0 Å². The molecule has 1 fully saturated rings. The van der Waals surface area contributed by atoms with Crippen molar-refractivity contribution in [3.63, 3.8) is 0 Å². The molecule has 1 aliphatic rings. The van der Waals surface area contributed by atoms with Gasteiger partial charge in [-0.3, -0.25) is 4.79 Å². The summed E-state index contributed by atoms with van der Waals surface area (Å²) in [4.78, 5) is 34.9. The SMILES string of the molecule is COC(=O)c1ccc(/C=C/C(=O)OCC(=O)NC2(C#N)CCCC2)cc1. The first-order valence-corrected chi connectivity index (χ1v) is 8.23. The summed E-state index contributed by atoms with van der Waals surface area (Å²) in [6.45, 7) is -0.437. The molecule has 1 aliphatic carbocycles. The van der Waals surface area contributed by atoms with Crippen LogP contribution in [-0.4, -0.2) is 37.1 Å². The van der Waals surface area contributed by atoms with Crippen LogP contribution < -0.4 is 5.32 Å². The standard InChI is InChI=1S/C19H20N2O5/c1-25-18(24)15-7-4-14(5-8-15)6-9-17(23)26-12-16(22)21-19(13-20)10-2-3-11-19/h4-9H,2-3,10-12H2,1H3,(H,21,22)/b9-6+. The predicted octanol–water partition coefficient (Wildman–Crippen LogP) is 1.98. The minimum atomic E-state index is -0.833. The van der Waals surface area contributed by atoms with Crippen molar-refractivity contribution in [2.24, 2.45) is 0 Å². The first-order valence-electron chi connectivity index (χ1n) is 8.23. The van der Waals surface area contributed by atoms with Gasteiger partial charge in [0.1, 0.15) is 5.54 Å². The Morgan fingerprint density at radius 1 is 1.23 bits per heavy atom. The van der Waals surface area contributed by atoms with Crippen molar-refractivity contribution in [2.45, 2.75) is 31.2 Å². The van der Waals surface area contributed by atoms with Gasteiger partial charge in [0.15, 0.2) is 6.61 Å². The molecule has 0 radical (unpaired) electrons. The maximum absolute atomic E-state index is 11.9. The van der Waals surface area contributed by atoms with E-state index in [0.29, 0.717) is 24.0 Å². The number of benzene rings is 1. The minimum Gasteiger partial charge on any atom is -0.465 e. The molecule has 2 rings (SSSR count). The van der Waals surface area contributed by atoms with Crippen LogP contribution in [0.1, 0.15) is 41.6 Å². The second-order valence-electron chi connectivity index (χ2n) is 6.00. The van der Waals surface area contributed by atoms with E-state index in [-0.39, 0.29) is 0 Å². The van der Waals surface area contributed by atoms with E-state index in [1.807, 2.05) is 0 Å². The highest BCUT2D eigenvalue weighted by atomic mass is 16.5. The summed E-state index contributed by atoms with van der Waals surface area (Å²) in [5, 5.41) is 11.9. The number of nitrogens with one attached hydrogen (secondary N) is 1. The summed E-state index contributed by atoms with van der Waals surface area (Å²) in [6.07, 6.45) is 5.72. The van der Waals surface area contributed by atoms with Crippen molar-refractivity contribution in [3.05, 3.63) is 41.5 Å². The molecule has 0 atom stereocenters. The first-order chi connectivity index (χ1) is 12.5. The Bertz CT molecular complexity index is 740. The summed E-state index contributed by atoms with van der Waals surface area (Å²) in [5.41, 5.74) is 0.261. The number of methoxy groups -OCH3 is 1. The summed E-state index contributed by atoms with van der Waals surface area (Å²) < 4.78 is 9.49. The topological polar surface area (TPSA) is 105 Å². The maximum atomic E-state index is 11.9. The Labute approximate surface area is 151 Å².